The first-order chi connectivity index (χ1) is 17.3. The Bertz CT molecular complexity index is 844. The Kier molecular flexibility index (Phi) is 11.2. The molecule has 0 aliphatic carbocycles. The van der Waals surface area contributed by atoms with Crippen molar-refractivity contribution >= 4 is 29.8 Å². The van der Waals surface area contributed by atoms with E-state index in [0.717, 1.165) is 34.6 Å². The van der Waals surface area contributed by atoms with E-state index >= 15 is 0 Å². The van der Waals surface area contributed by atoms with Gasteiger partial charge in [0.2, 0.25) is 0 Å². The second kappa shape index (κ2) is 13.6. The largest absolute Gasteiger partial charge is 0.458 e. The predicted molar refractivity (Wildman–Crippen MR) is 115 cm³/mol. The van der Waals surface area contributed by atoms with Gasteiger partial charge in [0, 0.05) is 41.0 Å². The molecule has 15 nitrogen and oxygen atoms in total. The van der Waals surface area contributed by atoms with Crippen molar-refractivity contribution < 1.29 is 72.1 Å². The van der Waals surface area contributed by atoms with Gasteiger partial charge < -0.3 is 48.1 Å². The number of aliphatic hydroxyl groups is 2. The quantitative estimate of drug-likeness (QED) is 0.281. The zero-order chi connectivity index (χ0) is 27.9. The first-order valence-corrected chi connectivity index (χ1v) is 11.4. The monoisotopic (exact) mass is 536 g/mol. The maximum atomic E-state index is 11.9. The molecule has 0 radical (unpaired) electrons. The van der Waals surface area contributed by atoms with E-state index in [1.165, 1.54) is 0 Å². The van der Waals surface area contributed by atoms with E-state index < -0.39 is 91.8 Å². The molecule has 0 aromatic carbocycles. The molecule has 6 unspecified atom stereocenters. The average molecular weight is 536 g/mol. The van der Waals surface area contributed by atoms with Crippen LogP contribution in [0.1, 0.15) is 41.0 Å². The fourth-order valence-electron chi connectivity index (χ4n) is 3.92. The van der Waals surface area contributed by atoms with Crippen LogP contribution >= 0.6 is 0 Å². The Labute approximate surface area is 212 Å². The van der Waals surface area contributed by atoms with Gasteiger partial charge in [-0.25, -0.2) is 0 Å². The minimum atomic E-state index is -1.81. The van der Waals surface area contributed by atoms with Crippen molar-refractivity contribution in [1.82, 2.24) is 0 Å². The van der Waals surface area contributed by atoms with Crippen LogP contribution in [0.15, 0.2) is 0 Å². The highest BCUT2D eigenvalue weighted by Crippen LogP contribution is 2.29. The van der Waals surface area contributed by atoms with Gasteiger partial charge in [0.05, 0.1) is 13.2 Å². The van der Waals surface area contributed by atoms with E-state index in [4.69, 9.17) is 37.9 Å². The number of rotatable bonds is 7. The lowest BCUT2D eigenvalue weighted by Gasteiger charge is -2.35. The summed E-state index contributed by atoms with van der Waals surface area (Å²) in [6.07, 6.45) is -13.6. The number of hydrogen-bond acceptors (Lipinski definition) is 15. The molecule has 2 saturated heterocycles. The molecule has 0 amide bonds. The van der Waals surface area contributed by atoms with Gasteiger partial charge in [-0.1, -0.05) is 0 Å². The van der Waals surface area contributed by atoms with E-state index in [-0.39, 0.29) is 13.0 Å². The standard InChI is InChI=1S/C22H32O15/c1-9(23)32-14-6-7-30-22(20(36-13(5)27)17(14)33-10(2)24)37-15-8-31-21(29)19(35-12(4)26)18(16(15)28)34-11(3)25/h14-22,28-29H,6-8H2,1-5H3/t14?,15-,16?,17?,18?,19?,20?,21+,22-/m1/s1. The van der Waals surface area contributed by atoms with Crippen molar-refractivity contribution in [2.75, 3.05) is 13.2 Å². The Morgan fingerprint density at radius 3 is 1.65 bits per heavy atom. The summed E-state index contributed by atoms with van der Waals surface area (Å²) < 4.78 is 42.7. The topological polar surface area (TPSA) is 200 Å². The molecule has 210 valence electrons. The normalized spacial score (nSPS) is 34.2. The molecule has 2 N–H and O–H groups in total. The lowest BCUT2D eigenvalue weighted by molar-refractivity contribution is -0.260. The van der Waals surface area contributed by atoms with Crippen molar-refractivity contribution in [3.8, 4) is 0 Å². The van der Waals surface area contributed by atoms with E-state index in [1.807, 2.05) is 0 Å². The maximum absolute atomic E-state index is 11.9. The Balaban J connectivity index is 2.40. The highest BCUT2D eigenvalue weighted by molar-refractivity contribution is 5.68. The number of hydrogen-bond donors (Lipinski definition) is 2. The molecule has 0 aromatic rings. The summed E-state index contributed by atoms with van der Waals surface area (Å²) in [6, 6.07) is 0. The molecule has 2 fully saturated rings. The van der Waals surface area contributed by atoms with Gasteiger partial charge in [0.25, 0.3) is 0 Å². The fraction of sp³-hybridized carbons (Fsp3) is 0.773. The first kappa shape index (κ1) is 30.4. The number of carbonyl (C=O) groups is 5. The average Bonchev–Trinajstić information content (AvgIpc) is 2.96. The Hall–Kier alpha value is -2.85. The SMILES string of the molecule is CC(=O)OC1CCO[C@H](O[C@@H]2CO[C@H](O)C(OC(C)=O)C(OC(C)=O)C2O)C(OC(C)=O)C1OC(C)=O. The van der Waals surface area contributed by atoms with Gasteiger partial charge in [-0.15, -0.1) is 0 Å². The summed E-state index contributed by atoms with van der Waals surface area (Å²) in [5, 5.41) is 21.3. The van der Waals surface area contributed by atoms with E-state index in [2.05, 4.69) is 0 Å². The van der Waals surface area contributed by atoms with Gasteiger partial charge in [0.15, 0.2) is 37.0 Å². The smallest absolute Gasteiger partial charge is 0.303 e. The summed E-state index contributed by atoms with van der Waals surface area (Å²) >= 11 is 0. The molecular weight excluding hydrogens is 504 g/mol. The van der Waals surface area contributed by atoms with E-state index in [1.54, 1.807) is 0 Å². The summed E-state index contributed by atoms with van der Waals surface area (Å²) in [6.45, 7) is 4.76. The molecule has 0 bridgehead atoms. The van der Waals surface area contributed by atoms with E-state index in [0.29, 0.717) is 0 Å². The number of carbonyl (C=O) groups excluding carboxylic acids is 5. The number of esters is 5. The van der Waals surface area contributed by atoms with Crippen molar-refractivity contribution in [2.45, 2.75) is 96.3 Å². The van der Waals surface area contributed by atoms with Gasteiger partial charge in [-0.2, -0.15) is 0 Å². The van der Waals surface area contributed by atoms with Crippen LogP contribution in [-0.4, -0.2) is 109 Å². The molecular formula is C22H32O15. The van der Waals surface area contributed by atoms with Crippen molar-refractivity contribution in [3.05, 3.63) is 0 Å². The Morgan fingerprint density at radius 1 is 0.622 bits per heavy atom. The summed E-state index contributed by atoms with van der Waals surface area (Å²) in [5.74, 6) is -4.00. The summed E-state index contributed by atoms with van der Waals surface area (Å²) in [5.41, 5.74) is 0. The van der Waals surface area contributed by atoms with Crippen molar-refractivity contribution in [1.29, 1.82) is 0 Å². The van der Waals surface area contributed by atoms with Crippen LogP contribution in [-0.2, 0) is 61.9 Å². The lowest BCUT2D eigenvalue weighted by atomic mass is 10.0. The van der Waals surface area contributed by atoms with Crippen LogP contribution in [0, 0.1) is 0 Å². The molecule has 0 saturated carbocycles. The van der Waals surface area contributed by atoms with Crippen LogP contribution in [0.2, 0.25) is 0 Å². The lowest BCUT2D eigenvalue weighted by Crippen LogP contribution is -2.54. The minimum Gasteiger partial charge on any atom is -0.458 e. The molecule has 15 heteroatoms. The van der Waals surface area contributed by atoms with E-state index in [9.17, 15) is 34.2 Å². The first-order valence-electron chi connectivity index (χ1n) is 11.4. The highest BCUT2D eigenvalue weighted by atomic mass is 16.7. The molecule has 9 atom stereocenters. The highest BCUT2D eigenvalue weighted by Gasteiger charge is 2.50. The van der Waals surface area contributed by atoms with Gasteiger partial charge in [-0.3, -0.25) is 24.0 Å². The second-order valence-electron chi connectivity index (χ2n) is 8.36. The van der Waals surface area contributed by atoms with Gasteiger partial charge >= 0.3 is 29.8 Å². The molecule has 37 heavy (non-hydrogen) atoms. The Morgan fingerprint density at radius 2 is 1.11 bits per heavy atom. The van der Waals surface area contributed by atoms with Crippen LogP contribution in [0.4, 0.5) is 0 Å². The molecule has 2 rings (SSSR count). The number of ether oxygens (including phenoxy) is 8. The fourth-order valence-corrected chi connectivity index (χ4v) is 3.92. The zero-order valence-corrected chi connectivity index (χ0v) is 21.0. The van der Waals surface area contributed by atoms with Gasteiger partial charge in [0.1, 0.15) is 18.3 Å². The third-order valence-corrected chi connectivity index (χ3v) is 5.23. The van der Waals surface area contributed by atoms with Crippen LogP contribution < -0.4 is 0 Å². The van der Waals surface area contributed by atoms with Crippen molar-refractivity contribution in [3.63, 3.8) is 0 Å². The van der Waals surface area contributed by atoms with Crippen LogP contribution in [0.25, 0.3) is 0 Å². The van der Waals surface area contributed by atoms with Crippen molar-refractivity contribution in [2.24, 2.45) is 0 Å². The molecule has 2 aliphatic heterocycles. The minimum absolute atomic E-state index is 0.0299. The summed E-state index contributed by atoms with van der Waals surface area (Å²) in [7, 11) is 0. The third kappa shape index (κ3) is 8.89. The van der Waals surface area contributed by atoms with Gasteiger partial charge in [-0.05, 0) is 0 Å². The zero-order valence-electron chi connectivity index (χ0n) is 21.0. The molecule has 2 aliphatic rings. The summed E-state index contributed by atoms with van der Waals surface area (Å²) in [4.78, 5) is 58.6. The molecule has 0 spiro atoms. The second-order valence-corrected chi connectivity index (χ2v) is 8.36. The third-order valence-electron chi connectivity index (χ3n) is 5.23. The predicted octanol–water partition coefficient (Wildman–Crippen LogP) is -1.51. The molecule has 0 aromatic heterocycles. The van der Waals surface area contributed by atoms with Crippen LogP contribution in [0.3, 0.4) is 0 Å². The van der Waals surface area contributed by atoms with Crippen LogP contribution in [0.5, 0.6) is 0 Å². The maximum Gasteiger partial charge on any atom is 0.303 e. The molecule has 2 heterocycles. The number of aliphatic hydroxyl groups excluding tert-OH is 2.